The highest BCUT2D eigenvalue weighted by Gasteiger charge is 2.33. The van der Waals surface area contributed by atoms with Gasteiger partial charge in [0.05, 0.1) is 12.1 Å². The van der Waals surface area contributed by atoms with Crippen molar-refractivity contribution < 1.29 is 9.90 Å². The van der Waals surface area contributed by atoms with Crippen molar-refractivity contribution in [3.8, 4) is 0 Å². The van der Waals surface area contributed by atoms with Crippen molar-refractivity contribution in [2.24, 2.45) is 0 Å². The second-order valence-electron chi connectivity index (χ2n) is 6.17. The Kier molecular flexibility index (Phi) is 4.71. The van der Waals surface area contributed by atoms with Gasteiger partial charge in [-0.15, -0.1) is 0 Å². The topological polar surface area (TPSA) is 68.7 Å². The predicted octanol–water partition coefficient (Wildman–Crippen LogP) is 0.00960. The molecule has 120 valence electrons. The van der Waals surface area contributed by atoms with Crippen molar-refractivity contribution in [2.75, 3.05) is 32.7 Å². The number of piperazine rings is 1. The van der Waals surface area contributed by atoms with Gasteiger partial charge < -0.3 is 15.3 Å². The molecule has 6 heteroatoms. The number of carbonyl (C=O) groups excluding carboxylic acids is 1. The minimum Gasteiger partial charge on any atom is -0.392 e. The molecule has 1 amide bonds. The zero-order valence-corrected chi connectivity index (χ0v) is 13.0. The number of aliphatic hydroxyl groups is 1. The van der Waals surface area contributed by atoms with Crippen molar-refractivity contribution in [3.05, 3.63) is 30.1 Å². The Morgan fingerprint density at radius 3 is 2.77 bits per heavy atom. The lowest BCUT2D eigenvalue weighted by Gasteiger charge is -2.39. The molecule has 0 spiro atoms. The number of amides is 1. The van der Waals surface area contributed by atoms with Crippen LogP contribution in [0.5, 0.6) is 0 Å². The fraction of sp³-hybridized carbons (Fsp3) is 0.625. The first-order chi connectivity index (χ1) is 10.6. The van der Waals surface area contributed by atoms with Crippen molar-refractivity contribution in [3.63, 3.8) is 0 Å². The van der Waals surface area contributed by atoms with Crippen LogP contribution in [0.2, 0.25) is 0 Å². The number of aromatic nitrogens is 1. The van der Waals surface area contributed by atoms with Crippen LogP contribution in [0.15, 0.2) is 24.5 Å². The van der Waals surface area contributed by atoms with Gasteiger partial charge in [-0.05, 0) is 25.0 Å². The molecular formula is C16H24N4O2. The van der Waals surface area contributed by atoms with Gasteiger partial charge in [0.2, 0.25) is 5.91 Å². The lowest BCUT2D eigenvalue weighted by atomic mass is 10.1. The molecule has 6 nitrogen and oxygen atoms in total. The highest BCUT2D eigenvalue weighted by Crippen LogP contribution is 2.21. The lowest BCUT2D eigenvalue weighted by Crippen LogP contribution is -2.53. The molecule has 2 aliphatic rings. The molecule has 1 aromatic rings. The third-order valence-electron chi connectivity index (χ3n) is 4.75. The molecular weight excluding hydrogens is 280 g/mol. The monoisotopic (exact) mass is 304 g/mol. The second kappa shape index (κ2) is 6.73. The summed E-state index contributed by atoms with van der Waals surface area (Å²) in [6, 6.07) is 4.16. The van der Waals surface area contributed by atoms with Crippen LogP contribution in [0.3, 0.4) is 0 Å². The smallest absolute Gasteiger partial charge is 0.239 e. The molecule has 0 radical (unpaired) electrons. The highest BCUT2D eigenvalue weighted by molar-refractivity contribution is 5.82. The zero-order valence-electron chi connectivity index (χ0n) is 13.0. The van der Waals surface area contributed by atoms with Crippen LogP contribution >= 0.6 is 0 Å². The maximum absolute atomic E-state index is 12.4. The maximum Gasteiger partial charge on any atom is 0.239 e. The highest BCUT2D eigenvalue weighted by atomic mass is 16.3. The van der Waals surface area contributed by atoms with E-state index in [0.29, 0.717) is 19.0 Å². The van der Waals surface area contributed by atoms with E-state index in [-0.39, 0.29) is 18.1 Å². The zero-order chi connectivity index (χ0) is 15.5. The summed E-state index contributed by atoms with van der Waals surface area (Å²) < 4.78 is 0. The van der Waals surface area contributed by atoms with Crippen LogP contribution in [-0.2, 0) is 4.79 Å². The quantitative estimate of drug-likeness (QED) is 0.823. The van der Waals surface area contributed by atoms with E-state index >= 15 is 0 Å². The summed E-state index contributed by atoms with van der Waals surface area (Å²) in [6.07, 6.45) is 3.84. The number of nitrogens with zero attached hydrogens (tertiary/aromatic N) is 3. The molecule has 2 saturated heterocycles. The average molecular weight is 304 g/mol. The van der Waals surface area contributed by atoms with Crippen molar-refractivity contribution in [1.29, 1.82) is 0 Å². The van der Waals surface area contributed by atoms with Crippen LogP contribution in [0, 0.1) is 0 Å². The largest absolute Gasteiger partial charge is 0.392 e. The Labute approximate surface area is 131 Å². The number of β-amino-alcohol motifs (C(OH)–C–C–N with tert-alkyl or cyclic N) is 1. The molecule has 1 aromatic heterocycles. The van der Waals surface area contributed by atoms with Crippen LogP contribution < -0.4 is 5.32 Å². The van der Waals surface area contributed by atoms with Gasteiger partial charge in [-0.3, -0.25) is 14.7 Å². The molecule has 3 unspecified atom stereocenters. The van der Waals surface area contributed by atoms with Crippen LogP contribution in [-0.4, -0.2) is 70.7 Å². The summed E-state index contributed by atoms with van der Waals surface area (Å²) in [6.45, 7) is 5.95. The van der Waals surface area contributed by atoms with Gasteiger partial charge in [-0.2, -0.15) is 0 Å². The molecule has 0 aromatic carbocycles. The first kappa shape index (κ1) is 15.4. The third kappa shape index (κ3) is 3.29. The summed E-state index contributed by atoms with van der Waals surface area (Å²) in [5.41, 5.74) is 1.21. The summed E-state index contributed by atoms with van der Waals surface area (Å²) in [5.74, 6) is 0.130. The SMILES string of the molecule is CC(c1cccnc1)N1CCN(C(=O)C2CC(O)CN2)CC1. The van der Waals surface area contributed by atoms with E-state index in [9.17, 15) is 9.90 Å². The van der Waals surface area contributed by atoms with Gasteiger partial charge >= 0.3 is 0 Å². The molecule has 3 heterocycles. The number of aliphatic hydroxyl groups excluding tert-OH is 1. The number of hydrogen-bond donors (Lipinski definition) is 2. The van der Waals surface area contributed by atoms with Crippen molar-refractivity contribution >= 4 is 5.91 Å². The van der Waals surface area contributed by atoms with E-state index in [1.54, 1.807) is 6.20 Å². The Hall–Kier alpha value is -1.50. The molecule has 3 rings (SSSR count). The van der Waals surface area contributed by atoms with E-state index in [4.69, 9.17) is 0 Å². The molecule has 0 aliphatic carbocycles. The van der Waals surface area contributed by atoms with Gasteiger partial charge in [0.15, 0.2) is 0 Å². The minimum atomic E-state index is -0.388. The summed E-state index contributed by atoms with van der Waals surface area (Å²) in [5, 5.41) is 12.6. The van der Waals surface area contributed by atoms with E-state index in [1.165, 1.54) is 5.56 Å². The Morgan fingerprint density at radius 1 is 1.41 bits per heavy atom. The first-order valence-corrected chi connectivity index (χ1v) is 7.99. The molecule has 2 aliphatic heterocycles. The fourth-order valence-electron chi connectivity index (χ4n) is 3.29. The lowest BCUT2D eigenvalue weighted by molar-refractivity contribution is -0.135. The fourth-order valence-corrected chi connectivity index (χ4v) is 3.29. The molecule has 0 saturated carbocycles. The van der Waals surface area contributed by atoms with E-state index < -0.39 is 0 Å². The predicted molar refractivity (Wildman–Crippen MR) is 83.2 cm³/mol. The van der Waals surface area contributed by atoms with E-state index in [1.807, 2.05) is 17.2 Å². The van der Waals surface area contributed by atoms with Gasteiger partial charge in [0.25, 0.3) is 0 Å². The number of hydrogen-bond acceptors (Lipinski definition) is 5. The summed E-state index contributed by atoms with van der Waals surface area (Å²) in [4.78, 5) is 20.9. The summed E-state index contributed by atoms with van der Waals surface area (Å²) >= 11 is 0. The van der Waals surface area contributed by atoms with E-state index in [2.05, 4.69) is 28.2 Å². The van der Waals surface area contributed by atoms with Crippen LogP contribution in [0.25, 0.3) is 0 Å². The Balaban J connectivity index is 1.53. The summed E-state index contributed by atoms with van der Waals surface area (Å²) in [7, 11) is 0. The van der Waals surface area contributed by atoms with Crippen LogP contribution in [0.1, 0.15) is 24.9 Å². The van der Waals surface area contributed by atoms with Crippen LogP contribution in [0.4, 0.5) is 0 Å². The molecule has 22 heavy (non-hydrogen) atoms. The number of nitrogens with one attached hydrogen (secondary N) is 1. The standard InChI is InChI=1S/C16H24N4O2/c1-12(13-3-2-4-17-10-13)19-5-7-20(8-6-19)16(22)15-9-14(21)11-18-15/h2-4,10,12,14-15,18,21H,5-9,11H2,1H3. The molecule has 2 N–H and O–H groups in total. The Morgan fingerprint density at radius 2 is 2.18 bits per heavy atom. The average Bonchev–Trinajstić information content (AvgIpc) is 3.01. The maximum atomic E-state index is 12.4. The minimum absolute atomic E-state index is 0.130. The van der Waals surface area contributed by atoms with Crippen molar-refractivity contribution in [1.82, 2.24) is 20.1 Å². The van der Waals surface area contributed by atoms with Gasteiger partial charge in [-0.25, -0.2) is 0 Å². The number of carbonyl (C=O) groups is 1. The third-order valence-corrected chi connectivity index (χ3v) is 4.75. The number of pyridine rings is 1. The first-order valence-electron chi connectivity index (χ1n) is 7.99. The normalized spacial score (nSPS) is 27.8. The Bertz CT molecular complexity index is 502. The van der Waals surface area contributed by atoms with Gasteiger partial charge in [0, 0.05) is 51.2 Å². The van der Waals surface area contributed by atoms with Crippen molar-refractivity contribution in [2.45, 2.75) is 31.5 Å². The van der Waals surface area contributed by atoms with Gasteiger partial charge in [-0.1, -0.05) is 6.07 Å². The molecule has 3 atom stereocenters. The number of rotatable bonds is 3. The molecule has 0 bridgehead atoms. The second-order valence-corrected chi connectivity index (χ2v) is 6.17. The molecule has 2 fully saturated rings. The van der Waals surface area contributed by atoms with Gasteiger partial charge in [0.1, 0.15) is 0 Å². The van der Waals surface area contributed by atoms with E-state index in [0.717, 1.165) is 26.2 Å².